The van der Waals surface area contributed by atoms with E-state index in [-0.39, 0.29) is 5.91 Å². The molecule has 5 nitrogen and oxygen atoms in total. The van der Waals surface area contributed by atoms with Crippen molar-refractivity contribution in [3.05, 3.63) is 23.4 Å². The fourth-order valence-electron chi connectivity index (χ4n) is 1.46. The number of carbonyl (C=O) groups is 1. The van der Waals surface area contributed by atoms with Gasteiger partial charge in [0.1, 0.15) is 5.82 Å². The van der Waals surface area contributed by atoms with E-state index >= 15 is 0 Å². The molecule has 1 amide bonds. The van der Waals surface area contributed by atoms with Crippen LogP contribution < -0.4 is 10.6 Å². The number of pyridine rings is 1. The Morgan fingerprint density at radius 2 is 2.00 bits per heavy atom. The Morgan fingerprint density at radius 1 is 1.35 bits per heavy atom. The quantitative estimate of drug-likeness (QED) is 0.820. The minimum atomic E-state index is 0.0464. The second-order valence-corrected chi connectivity index (χ2v) is 4.32. The topological polar surface area (TPSA) is 62.5 Å². The molecular formula is C12H20N4O. The van der Waals surface area contributed by atoms with Crippen molar-refractivity contribution in [3.8, 4) is 0 Å². The number of aryl methyl sites for hydroxylation is 1. The number of hydrogen-bond acceptors (Lipinski definition) is 4. The zero-order valence-corrected chi connectivity index (χ0v) is 10.9. The van der Waals surface area contributed by atoms with E-state index in [4.69, 9.17) is 5.73 Å². The molecule has 2 N–H and O–H groups in total. The summed E-state index contributed by atoms with van der Waals surface area (Å²) in [7, 11) is 5.33. The van der Waals surface area contributed by atoms with Crippen molar-refractivity contribution in [2.45, 2.75) is 13.5 Å². The van der Waals surface area contributed by atoms with E-state index in [1.807, 2.05) is 31.0 Å². The number of amides is 1. The van der Waals surface area contributed by atoms with Gasteiger partial charge in [-0.1, -0.05) is 0 Å². The lowest BCUT2D eigenvalue weighted by Crippen LogP contribution is -2.34. The maximum Gasteiger partial charge on any atom is 0.241 e. The molecule has 0 aliphatic carbocycles. The van der Waals surface area contributed by atoms with Crippen molar-refractivity contribution in [1.82, 2.24) is 9.88 Å². The molecule has 0 spiro atoms. The first kappa shape index (κ1) is 13.4. The normalized spacial score (nSPS) is 10.2. The molecule has 1 heterocycles. The summed E-state index contributed by atoms with van der Waals surface area (Å²) in [5, 5.41) is 0. The Labute approximate surface area is 102 Å². The summed E-state index contributed by atoms with van der Waals surface area (Å²) in [6, 6.07) is 3.86. The van der Waals surface area contributed by atoms with Crippen LogP contribution in [-0.4, -0.2) is 43.5 Å². The SMILES string of the molecule is Cc1cc(CN)cc(N(C)CC(=O)N(C)C)n1. The third-order valence-electron chi connectivity index (χ3n) is 2.50. The van der Waals surface area contributed by atoms with Crippen LogP contribution in [0.15, 0.2) is 12.1 Å². The molecule has 0 saturated heterocycles. The monoisotopic (exact) mass is 236 g/mol. The molecule has 0 saturated carbocycles. The van der Waals surface area contributed by atoms with E-state index in [9.17, 15) is 4.79 Å². The lowest BCUT2D eigenvalue weighted by Gasteiger charge is -2.21. The highest BCUT2D eigenvalue weighted by Crippen LogP contribution is 2.13. The summed E-state index contributed by atoms with van der Waals surface area (Å²) >= 11 is 0. The number of carbonyl (C=O) groups excluding carboxylic acids is 1. The third kappa shape index (κ3) is 3.71. The molecule has 0 aliphatic heterocycles. The smallest absolute Gasteiger partial charge is 0.241 e. The molecule has 0 atom stereocenters. The van der Waals surface area contributed by atoms with E-state index in [1.54, 1.807) is 19.0 Å². The highest BCUT2D eigenvalue weighted by Gasteiger charge is 2.11. The Bertz CT molecular complexity index is 403. The predicted octanol–water partition coefficient (Wildman–Crippen LogP) is 0.373. The summed E-state index contributed by atoms with van der Waals surface area (Å²) in [6.07, 6.45) is 0. The molecule has 0 aromatic carbocycles. The minimum absolute atomic E-state index is 0.0464. The molecule has 0 unspecified atom stereocenters. The van der Waals surface area contributed by atoms with Crippen LogP contribution in [0.1, 0.15) is 11.3 Å². The Balaban J connectivity index is 2.84. The lowest BCUT2D eigenvalue weighted by molar-refractivity contribution is -0.127. The van der Waals surface area contributed by atoms with Gasteiger partial charge in [0.05, 0.1) is 6.54 Å². The molecule has 1 rings (SSSR count). The molecular weight excluding hydrogens is 216 g/mol. The van der Waals surface area contributed by atoms with Gasteiger partial charge in [-0.2, -0.15) is 0 Å². The van der Waals surface area contributed by atoms with Crippen LogP contribution in [0.25, 0.3) is 0 Å². The predicted molar refractivity (Wildman–Crippen MR) is 68.8 cm³/mol. The van der Waals surface area contributed by atoms with E-state index in [2.05, 4.69) is 4.98 Å². The molecule has 0 bridgehead atoms. The van der Waals surface area contributed by atoms with E-state index in [0.29, 0.717) is 13.1 Å². The highest BCUT2D eigenvalue weighted by atomic mass is 16.2. The highest BCUT2D eigenvalue weighted by molar-refractivity contribution is 5.80. The summed E-state index contributed by atoms with van der Waals surface area (Å²) in [5.74, 6) is 0.825. The first-order valence-corrected chi connectivity index (χ1v) is 5.53. The molecule has 1 aromatic rings. The van der Waals surface area contributed by atoms with Crippen molar-refractivity contribution in [2.75, 3.05) is 32.6 Å². The van der Waals surface area contributed by atoms with Gasteiger partial charge in [0.25, 0.3) is 0 Å². The number of aromatic nitrogens is 1. The lowest BCUT2D eigenvalue weighted by atomic mass is 10.2. The Hall–Kier alpha value is -1.62. The van der Waals surface area contributed by atoms with Crippen LogP contribution in [0, 0.1) is 6.92 Å². The number of anilines is 1. The minimum Gasteiger partial charge on any atom is -0.350 e. The standard InChI is InChI=1S/C12H20N4O/c1-9-5-10(7-13)6-11(14-9)16(4)8-12(17)15(2)3/h5-6H,7-8,13H2,1-4H3. The van der Waals surface area contributed by atoms with Gasteiger partial charge in [-0.05, 0) is 24.6 Å². The van der Waals surface area contributed by atoms with E-state index in [0.717, 1.165) is 17.1 Å². The summed E-state index contributed by atoms with van der Waals surface area (Å²) in [6.45, 7) is 2.71. The number of likely N-dealkylation sites (N-methyl/N-ethyl adjacent to an activating group) is 2. The maximum atomic E-state index is 11.6. The van der Waals surface area contributed by atoms with Crippen molar-refractivity contribution in [3.63, 3.8) is 0 Å². The van der Waals surface area contributed by atoms with Crippen LogP contribution in [0.5, 0.6) is 0 Å². The van der Waals surface area contributed by atoms with Gasteiger partial charge in [0, 0.05) is 33.4 Å². The Morgan fingerprint density at radius 3 is 2.53 bits per heavy atom. The van der Waals surface area contributed by atoms with Crippen molar-refractivity contribution in [2.24, 2.45) is 5.73 Å². The van der Waals surface area contributed by atoms with Crippen LogP contribution in [0.3, 0.4) is 0 Å². The van der Waals surface area contributed by atoms with Gasteiger partial charge in [0.2, 0.25) is 5.91 Å². The molecule has 0 fully saturated rings. The summed E-state index contributed by atoms with van der Waals surface area (Å²) in [5.41, 5.74) is 7.55. The molecule has 0 aliphatic rings. The maximum absolute atomic E-state index is 11.6. The second kappa shape index (κ2) is 5.63. The Kier molecular flexibility index (Phi) is 4.45. The van der Waals surface area contributed by atoms with E-state index in [1.165, 1.54) is 0 Å². The fraction of sp³-hybridized carbons (Fsp3) is 0.500. The van der Waals surface area contributed by atoms with Crippen LogP contribution in [0.4, 0.5) is 5.82 Å². The zero-order chi connectivity index (χ0) is 13.0. The number of rotatable bonds is 4. The molecule has 94 valence electrons. The molecule has 17 heavy (non-hydrogen) atoms. The molecule has 1 aromatic heterocycles. The molecule has 0 radical (unpaired) electrons. The number of nitrogens with two attached hydrogens (primary N) is 1. The van der Waals surface area contributed by atoms with Gasteiger partial charge in [-0.25, -0.2) is 4.98 Å². The fourth-order valence-corrected chi connectivity index (χ4v) is 1.46. The van der Waals surface area contributed by atoms with Crippen LogP contribution in [0.2, 0.25) is 0 Å². The first-order chi connectivity index (χ1) is 7.93. The van der Waals surface area contributed by atoms with Gasteiger partial charge in [-0.15, -0.1) is 0 Å². The van der Waals surface area contributed by atoms with Gasteiger partial charge >= 0.3 is 0 Å². The van der Waals surface area contributed by atoms with Gasteiger partial charge in [0.15, 0.2) is 0 Å². The largest absolute Gasteiger partial charge is 0.350 e. The van der Waals surface area contributed by atoms with E-state index < -0.39 is 0 Å². The van der Waals surface area contributed by atoms with Crippen LogP contribution in [-0.2, 0) is 11.3 Å². The van der Waals surface area contributed by atoms with Crippen LogP contribution >= 0.6 is 0 Å². The average Bonchev–Trinajstić information content (AvgIpc) is 2.27. The number of hydrogen-bond donors (Lipinski definition) is 1. The average molecular weight is 236 g/mol. The summed E-state index contributed by atoms with van der Waals surface area (Å²) in [4.78, 5) is 19.4. The summed E-state index contributed by atoms with van der Waals surface area (Å²) < 4.78 is 0. The zero-order valence-electron chi connectivity index (χ0n) is 10.9. The first-order valence-electron chi connectivity index (χ1n) is 5.53. The molecule has 5 heteroatoms. The second-order valence-electron chi connectivity index (χ2n) is 4.32. The van der Waals surface area contributed by atoms with Crippen molar-refractivity contribution < 1.29 is 4.79 Å². The third-order valence-corrected chi connectivity index (χ3v) is 2.50. The van der Waals surface area contributed by atoms with Gasteiger partial charge < -0.3 is 15.5 Å². The number of nitrogens with zero attached hydrogens (tertiary/aromatic N) is 3. The van der Waals surface area contributed by atoms with Crippen molar-refractivity contribution >= 4 is 11.7 Å². The van der Waals surface area contributed by atoms with Crippen molar-refractivity contribution in [1.29, 1.82) is 0 Å². The van der Waals surface area contributed by atoms with Gasteiger partial charge in [-0.3, -0.25) is 4.79 Å².